The van der Waals surface area contributed by atoms with Crippen LogP contribution in [-0.4, -0.2) is 18.8 Å². The predicted octanol–water partition coefficient (Wildman–Crippen LogP) is 1.88. The van der Waals surface area contributed by atoms with Crippen LogP contribution < -0.4 is 15.2 Å². The van der Waals surface area contributed by atoms with Crippen molar-refractivity contribution in [3.63, 3.8) is 0 Å². The molecule has 1 aliphatic heterocycles. The molecule has 0 unspecified atom stereocenters. The highest BCUT2D eigenvalue weighted by molar-refractivity contribution is 5.47. The first kappa shape index (κ1) is 9.97. The predicted molar refractivity (Wildman–Crippen MR) is 61.9 cm³/mol. The van der Waals surface area contributed by atoms with Crippen molar-refractivity contribution < 1.29 is 9.47 Å². The Morgan fingerprint density at radius 2 is 2.00 bits per heavy atom. The van der Waals surface area contributed by atoms with E-state index in [1.54, 1.807) is 0 Å². The van der Waals surface area contributed by atoms with E-state index in [9.17, 15) is 0 Å². The van der Waals surface area contributed by atoms with Crippen molar-refractivity contribution in [2.45, 2.75) is 31.2 Å². The highest BCUT2D eigenvalue weighted by Crippen LogP contribution is 2.39. The van der Waals surface area contributed by atoms with E-state index in [0.29, 0.717) is 13.2 Å². The summed E-state index contributed by atoms with van der Waals surface area (Å²) in [7, 11) is 0. The molecule has 86 valence electrons. The number of nitrogens with two attached hydrogens (primary N) is 1. The molecule has 0 saturated heterocycles. The van der Waals surface area contributed by atoms with Gasteiger partial charge in [0, 0.05) is 5.54 Å². The van der Waals surface area contributed by atoms with E-state index in [2.05, 4.69) is 6.07 Å². The maximum atomic E-state index is 6.10. The number of para-hydroxylation sites is 1. The molecule has 0 amide bonds. The van der Waals surface area contributed by atoms with Crippen LogP contribution in [0.2, 0.25) is 0 Å². The molecule has 3 nitrogen and oxygen atoms in total. The Hall–Kier alpha value is -1.22. The van der Waals surface area contributed by atoms with E-state index in [1.807, 2.05) is 12.1 Å². The van der Waals surface area contributed by atoms with Crippen molar-refractivity contribution in [1.29, 1.82) is 0 Å². The van der Waals surface area contributed by atoms with Crippen molar-refractivity contribution in [1.82, 2.24) is 0 Å². The van der Waals surface area contributed by atoms with Gasteiger partial charge in [0.1, 0.15) is 13.2 Å². The molecule has 1 fully saturated rings. The summed E-state index contributed by atoms with van der Waals surface area (Å²) in [4.78, 5) is 0. The second kappa shape index (κ2) is 3.67. The zero-order valence-corrected chi connectivity index (χ0v) is 9.37. The second-order valence-corrected chi connectivity index (χ2v) is 4.80. The summed E-state index contributed by atoms with van der Waals surface area (Å²) in [5.41, 5.74) is 7.44. The summed E-state index contributed by atoms with van der Waals surface area (Å²) in [6.45, 7) is 1.30. The third kappa shape index (κ3) is 1.87. The first-order valence-corrected chi connectivity index (χ1v) is 5.93. The van der Waals surface area contributed by atoms with Crippen molar-refractivity contribution >= 4 is 0 Å². The number of hydrogen-bond donors (Lipinski definition) is 1. The van der Waals surface area contributed by atoms with Crippen molar-refractivity contribution in [2.24, 2.45) is 5.73 Å². The van der Waals surface area contributed by atoms with Gasteiger partial charge in [0.05, 0.1) is 0 Å². The monoisotopic (exact) mass is 219 g/mol. The number of aryl methyl sites for hydroxylation is 1. The molecule has 1 aromatic carbocycles. The molecule has 0 bridgehead atoms. The normalized spacial score (nSPS) is 20.6. The zero-order chi connectivity index (χ0) is 11.0. The lowest BCUT2D eigenvalue weighted by atomic mass is 10.0. The van der Waals surface area contributed by atoms with Gasteiger partial charge in [-0.1, -0.05) is 12.1 Å². The van der Waals surface area contributed by atoms with Gasteiger partial charge in [-0.2, -0.15) is 0 Å². The first-order chi connectivity index (χ1) is 7.77. The van der Waals surface area contributed by atoms with Gasteiger partial charge in [0.15, 0.2) is 11.5 Å². The summed E-state index contributed by atoms with van der Waals surface area (Å²) in [5.74, 6) is 1.81. The van der Waals surface area contributed by atoms with Gasteiger partial charge in [-0.05, 0) is 37.3 Å². The van der Waals surface area contributed by atoms with Crippen LogP contribution in [0.5, 0.6) is 11.5 Å². The lowest BCUT2D eigenvalue weighted by Crippen LogP contribution is -2.22. The Kier molecular flexibility index (Phi) is 2.28. The fourth-order valence-corrected chi connectivity index (χ4v) is 2.13. The molecule has 0 aromatic heterocycles. The number of fused-ring (bicyclic) bond motifs is 1. The molecule has 2 aliphatic rings. The van der Waals surface area contributed by atoms with Gasteiger partial charge in [-0.3, -0.25) is 0 Å². The van der Waals surface area contributed by atoms with Gasteiger partial charge < -0.3 is 15.2 Å². The van der Waals surface area contributed by atoms with Gasteiger partial charge in [-0.15, -0.1) is 0 Å². The molecule has 2 N–H and O–H groups in total. The molecule has 3 heteroatoms. The van der Waals surface area contributed by atoms with Gasteiger partial charge in [-0.25, -0.2) is 0 Å². The minimum absolute atomic E-state index is 0.109. The van der Waals surface area contributed by atoms with Crippen LogP contribution in [0.15, 0.2) is 18.2 Å². The van der Waals surface area contributed by atoms with Crippen LogP contribution in [0.1, 0.15) is 24.8 Å². The van der Waals surface area contributed by atoms with E-state index < -0.39 is 0 Å². The summed E-state index contributed by atoms with van der Waals surface area (Å²) in [6.07, 6.45) is 4.37. The van der Waals surface area contributed by atoms with E-state index in [1.165, 1.54) is 18.4 Å². The highest BCUT2D eigenvalue weighted by atomic mass is 16.6. The van der Waals surface area contributed by atoms with E-state index >= 15 is 0 Å². The fourth-order valence-electron chi connectivity index (χ4n) is 2.13. The molecule has 1 aromatic rings. The summed E-state index contributed by atoms with van der Waals surface area (Å²) < 4.78 is 11.2. The molecule has 0 atom stereocenters. The van der Waals surface area contributed by atoms with Gasteiger partial charge in [0.2, 0.25) is 0 Å². The average molecular weight is 219 g/mol. The van der Waals surface area contributed by atoms with E-state index in [0.717, 1.165) is 24.3 Å². The largest absolute Gasteiger partial charge is 0.486 e. The van der Waals surface area contributed by atoms with Gasteiger partial charge in [0.25, 0.3) is 0 Å². The summed E-state index contributed by atoms with van der Waals surface area (Å²) >= 11 is 0. The van der Waals surface area contributed by atoms with Crippen molar-refractivity contribution in [2.75, 3.05) is 13.2 Å². The van der Waals surface area contributed by atoms with E-state index in [4.69, 9.17) is 15.2 Å². The lowest BCUT2D eigenvalue weighted by Gasteiger charge is -2.21. The minimum atomic E-state index is 0.109. The Labute approximate surface area is 95.5 Å². The van der Waals surface area contributed by atoms with Crippen LogP contribution in [0.4, 0.5) is 0 Å². The maximum absolute atomic E-state index is 6.10. The quantitative estimate of drug-likeness (QED) is 0.844. The van der Waals surface area contributed by atoms with Crippen LogP contribution in [0, 0.1) is 0 Å². The Morgan fingerprint density at radius 1 is 1.19 bits per heavy atom. The lowest BCUT2D eigenvalue weighted by molar-refractivity contribution is 0.170. The SMILES string of the molecule is NC1(CCc2cccc3c2OCCO3)CC1. The van der Waals surface area contributed by atoms with Crippen LogP contribution in [-0.2, 0) is 6.42 Å². The average Bonchev–Trinajstić information content (AvgIpc) is 3.05. The van der Waals surface area contributed by atoms with Crippen molar-refractivity contribution in [3.05, 3.63) is 23.8 Å². The molecule has 1 aliphatic carbocycles. The Bertz CT molecular complexity index is 399. The van der Waals surface area contributed by atoms with Crippen molar-refractivity contribution in [3.8, 4) is 11.5 Å². The number of hydrogen-bond acceptors (Lipinski definition) is 3. The standard InChI is InChI=1S/C13H17NO2/c14-13(6-7-13)5-4-10-2-1-3-11-12(10)16-9-8-15-11/h1-3H,4-9,14H2. The first-order valence-electron chi connectivity index (χ1n) is 5.93. The van der Waals surface area contributed by atoms with Crippen LogP contribution >= 0.6 is 0 Å². The summed E-state index contributed by atoms with van der Waals surface area (Å²) in [5, 5.41) is 0. The maximum Gasteiger partial charge on any atom is 0.164 e. The molecule has 1 saturated carbocycles. The summed E-state index contributed by atoms with van der Waals surface area (Å²) in [6, 6.07) is 6.10. The zero-order valence-electron chi connectivity index (χ0n) is 9.37. The Morgan fingerprint density at radius 3 is 2.81 bits per heavy atom. The molecule has 3 rings (SSSR count). The molecule has 0 radical (unpaired) electrons. The smallest absolute Gasteiger partial charge is 0.164 e. The molecular formula is C13H17NO2. The number of ether oxygens (including phenoxy) is 2. The Balaban J connectivity index is 1.78. The third-order valence-electron chi connectivity index (χ3n) is 3.43. The molecular weight excluding hydrogens is 202 g/mol. The number of rotatable bonds is 3. The fraction of sp³-hybridized carbons (Fsp3) is 0.538. The highest BCUT2D eigenvalue weighted by Gasteiger charge is 2.37. The third-order valence-corrected chi connectivity index (χ3v) is 3.43. The molecule has 16 heavy (non-hydrogen) atoms. The van der Waals surface area contributed by atoms with Crippen LogP contribution in [0.25, 0.3) is 0 Å². The second-order valence-electron chi connectivity index (χ2n) is 4.80. The van der Waals surface area contributed by atoms with Crippen LogP contribution in [0.3, 0.4) is 0 Å². The van der Waals surface area contributed by atoms with E-state index in [-0.39, 0.29) is 5.54 Å². The number of benzene rings is 1. The molecule has 0 spiro atoms. The topological polar surface area (TPSA) is 44.5 Å². The molecule has 1 heterocycles. The minimum Gasteiger partial charge on any atom is -0.486 e. The van der Waals surface area contributed by atoms with Gasteiger partial charge >= 0.3 is 0 Å².